The summed E-state index contributed by atoms with van der Waals surface area (Å²) in [6.45, 7) is 2.59. The highest BCUT2D eigenvalue weighted by Gasteiger charge is 2.07. The first-order chi connectivity index (χ1) is 8.74. The summed E-state index contributed by atoms with van der Waals surface area (Å²) in [4.78, 5) is 8.06. The van der Waals surface area contributed by atoms with E-state index in [0.29, 0.717) is 17.5 Å². The highest BCUT2D eigenvalue weighted by molar-refractivity contribution is 6.29. The lowest BCUT2D eigenvalue weighted by Crippen LogP contribution is -2.06. The Morgan fingerprint density at radius 2 is 2.39 bits per heavy atom. The summed E-state index contributed by atoms with van der Waals surface area (Å²) in [7, 11) is 0. The van der Waals surface area contributed by atoms with Crippen LogP contribution in [0, 0.1) is 6.92 Å². The molecule has 0 atom stereocenters. The van der Waals surface area contributed by atoms with Crippen LogP contribution < -0.4 is 5.32 Å². The molecule has 0 saturated carbocycles. The fraction of sp³-hybridized carbons (Fsp3) is 0.200. The van der Waals surface area contributed by atoms with Gasteiger partial charge in [-0.15, -0.1) is 0 Å². The number of anilines is 1. The summed E-state index contributed by atoms with van der Waals surface area (Å²) in [5.74, 6) is 1.21. The monoisotopic (exact) mass is 263 g/mol. The first-order valence-corrected chi connectivity index (χ1v) is 5.71. The summed E-state index contributed by atoms with van der Waals surface area (Å²) in [5, 5.41) is 14.5. The molecule has 0 unspecified atom stereocenters. The summed E-state index contributed by atoms with van der Waals surface area (Å²) in [6, 6.07) is 1.71. The molecule has 3 heterocycles. The first-order valence-electron chi connectivity index (χ1n) is 5.33. The molecule has 3 aromatic rings. The van der Waals surface area contributed by atoms with Crippen LogP contribution in [0.3, 0.4) is 0 Å². The lowest BCUT2D eigenvalue weighted by molar-refractivity contribution is 0.923. The molecular formula is C10H10ClN7. The van der Waals surface area contributed by atoms with E-state index in [1.165, 1.54) is 6.33 Å². The van der Waals surface area contributed by atoms with Gasteiger partial charge in [0.25, 0.3) is 5.78 Å². The van der Waals surface area contributed by atoms with E-state index in [1.807, 2.05) is 6.92 Å². The second-order valence-electron chi connectivity index (χ2n) is 3.81. The summed E-state index contributed by atoms with van der Waals surface area (Å²) in [6.07, 6.45) is 3.22. The highest BCUT2D eigenvalue weighted by Crippen LogP contribution is 2.15. The smallest absolute Gasteiger partial charge is 0.255 e. The minimum atomic E-state index is 0.377. The molecular weight excluding hydrogens is 254 g/mol. The van der Waals surface area contributed by atoms with E-state index < -0.39 is 0 Å². The average molecular weight is 264 g/mol. The van der Waals surface area contributed by atoms with E-state index in [9.17, 15) is 0 Å². The molecule has 0 fully saturated rings. The summed E-state index contributed by atoms with van der Waals surface area (Å²) in [5.41, 5.74) is 2.11. The van der Waals surface area contributed by atoms with Crippen molar-refractivity contribution in [3.8, 4) is 0 Å². The first kappa shape index (κ1) is 11.0. The van der Waals surface area contributed by atoms with Crippen molar-refractivity contribution in [2.75, 3.05) is 5.32 Å². The maximum atomic E-state index is 5.92. The summed E-state index contributed by atoms with van der Waals surface area (Å²) >= 11 is 5.92. The number of fused-ring (bicyclic) bond motifs is 1. The molecule has 92 valence electrons. The second-order valence-corrected chi connectivity index (χ2v) is 4.20. The largest absolute Gasteiger partial charge is 0.366 e. The van der Waals surface area contributed by atoms with E-state index >= 15 is 0 Å². The number of rotatable bonds is 3. The van der Waals surface area contributed by atoms with Crippen molar-refractivity contribution in [3.63, 3.8) is 0 Å². The Balaban J connectivity index is 1.90. The van der Waals surface area contributed by atoms with Gasteiger partial charge in [0.05, 0.1) is 6.20 Å². The van der Waals surface area contributed by atoms with Crippen molar-refractivity contribution < 1.29 is 0 Å². The van der Waals surface area contributed by atoms with Crippen molar-refractivity contribution in [2.45, 2.75) is 13.5 Å². The molecule has 0 aromatic carbocycles. The molecule has 0 saturated heterocycles. The Morgan fingerprint density at radius 1 is 1.50 bits per heavy atom. The maximum absolute atomic E-state index is 5.92. The molecule has 0 aliphatic carbocycles. The lowest BCUT2D eigenvalue weighted by atomic mass is 10.2. The lowest BCUT2D eigenvalue weighted by Gasteiger charge is -2.07. The number of aromatic amines is 1. The molecule has 8 heteroatoms. The van der Waals surface area contributed by atoms with Gasteiger partial charge in [-0.05, 0) is 6.92 Å². The predicted molar refractivity (Wildman–Crippen MR) is 66.4 cm³/mol. The Labute approximate surface area is 107 Å². The molecule has 2 N–H and O–H groups in total. The van der Waals surface area contributed by atoms with Gasteiger partial charge in [0.15, 0.2) is 0 Å². The van der Waals surface area contributed by atoms with Gasteiger partial charge in [-0.2, -0.15) is 24.7 Å². The number of nitrogens with zero attached hydrogens (tertiary/aromatic N) is 5. The molecule has 0 amide bonds. The number of hydrogen-bond acceptors (Lipinski definition) is 5. The molecule has 7 nitrogen and oxygen atoms in total. The minimum Gasteiger partial charge on any atom is -0.366 e. The molecule has 0 aliphatic rings. The van der Waals surface area contributed by atoms with Crippen LogP contribution in [0.5, 0.6) is 0 Å². The van der Waals surface area contributed by atoms with Crippen LogP contribution in [0.25, 0.3) is 5.78 Å². The molecule has 18 heavy (non-hydrogen) atoms. The van der Waals surface area contributed by atoms with Crippen LogP contribution in [0.4, 0.5) is 5.82 Å². The van der Waals surface area contributed by atoms with Crippen LogP contribution in [-0.4, -0.2) is 29.8 Å². The van der Waals surface area contributed by atoms with Crippen molar-refractivity contribution in [3.05, 3.63) is 35.0 Å². The summed E-state index contributed by atoms with van der Waals surface area (Å²) < 4.78 is 1.60. The third-order valence-electron chi connectivity index (χ3n) is 2.61. The normalized spacial score (nSPS) is 11.0. The Kier molecular flexibility index (Phi) is 2.60. The Bertz CT molecular complexity index is 686. The zero-order chi connectivity index (χ0) is 12.5. The quantitative estimate of drug-likeness (QED) is 0.698. The number of hydrogen-bond donors (Lipinski definition) is 2. The molecule has 0 spiro atoms. The molecule has 3 rings (SSSR count). The van der Waals surface area contributed by atoms with Gasteiger partial charge < -0.3 is 5.32 Å². The fourth-order valence-electron chi connectivity index (χ4n) is 1.65. The minimum absolute atomic E-state index is 0.377. The molecule has 0 radical (unpaired) electrons. The van der Waals surface area contributed by atoms with Crippen LogP contribution in [0.15, 0.2) is 18.6 Å². The molecule has 0 aliphatic heterocycles. The van der Waals surface area contributed by atoms with Gasteiger partial charge in [0.1, 0.15) is 17.3 Å². The van der Waals surface area contributed by atoms with Crippen molar-refractivity contribution in [2.24, 2.45) is 0 Å². The van der Waals surface area contributed by atoms with Gasteiger partial charge >= 0.3 is 0 Å². The maximum Gasteiger partial charge on any atom is 0.255 e. The van der Waals surface area contributed by atoms with Crippen LogP contribution in [0.1, 0.15) is 11.3 Å². The van der Waals surface area contributed by atoms with Gasteiger partial charge in [0, 0.05) is 23.9 Å². The van der Waals surface area contributed by atoms with E-state index in [0.717, 1.165) is 17.1 Å². The number of aromatic nitrogens is 6. The average Bonchev–Trinajstić information content (AvgIpc) is 2.94. The Morgan fingerprint density at radius 3 is 3.17 bits per heavy atom. The third-order valence-corrected chi connectivity index (χ3v) is 2.81. The van der Waals surface area contributed by atoms with Gasteiger partial charge in [-0.25, -0.2) is 0 Å². The Hall–Kier alpha value is -2.15. The van der Waals surface area contributed by atoms with Crippen LogP contribution >= 0.6 is 11.6 Å². The van der Waals surface area contributed by atoms with Crippen LogP contribution in [0.2, 0.25) is 5.15 Å². The number of aryl methyl sites for hydroxylation is 1. The molecule has 0 bridgehead atoms. The van der Waals surface area contributed by atoms with Crippen LogP contribution in [-0.2, 0) is 6.54 Å². The second kappa shape index (κ2) is 4.26. The van der Waals surface area contributed by atoms with Gasteiger partial charge in [0.2, 0.25) is 0 Å². The molecule has 3 aromatic heterocycles. The predicted octanol–water partition coefficient (Wildman–Crippen LogP) is 1.42. The van der Waals surface area contributed by atoms with E-state index in [1.54, 1.807) is 16.8 Å². The van der Waals surface area contributed by atoms with Crippen molar-refractivity contribution >= 4 is 23.2 Å². The highest BCUT2D eigenvalue weighted by atomic mass is 35.5. The van der Waals surface area contributed by atoms with E-state index in [2.05, 4.69) is 30.6 Å². The van der Waals surface area contributed by atoms with Crippen molar-refractivity contribution in [1.29, 1.82) is 0 Å². The van der Waals surface area contributed by atoms with E-state index in [-0.39, 0.29) is 0 Å². The zero-order valence-corrected chi connectivity index (χ0v) is 10.3. The number of H-pyrrole nitrogens is 1. The van der Waals surface area contributed by atoms with E-state index in [4.69, 9.17) is 11.6 Å². The number of halogens is 1. The third kappa shape index (κ3) is 1.88. The van der Waals surface area contributed by atoms with Gasteiger partial charge in [-0.1, -0.05) is 11.6 Å². The van der Waals surface area contributed by atoms with Gasteiger partial charge in [-0.3, -0.25) is 5.10 Å². The van der Waals surface area contributed by atoms with Crippen molar-refractivity contribution in [1.82, 2.24) is 29.8 Å². The SMILES string of the molecule is Cc1[nH]ncc1CNc1cc(Cl)nc2ncnn12. The topological polar surface area (TPSA) is 83.8 Å². The standard InChI is InChI=1S/C10H10ClN7/c1-6-7(4-14-17-6)3-12-9-2-8(11)16-10-13-5-15-18(9)10/h2,4-5,12H,3H2,1H3,(H,14,17). The fourth-order valence-corrected chi connectivity index (χ4v) is 1.83. The number of nitrogens with one attached hydrogen (secondary N) is 2. The zero-order valence-electron chi connectivity index (χ0n) is 9.55.